The average Bonchev–Trinajstić information content (AvgIpc) is 2.42. The van der Waals surface area contributed by atoms with Gasteiger partial charge in [0.2, 0.25) is 0 Å². The highest BCUT2D eigenvalue weighted by atomic mass is 35.5. The van der Waals surface area contributed by atoms with Gasteiger partial charge in [0.05, 0.1) is 21.2 Å². The molecule has 0 spiro atoms. The SMILES string of the molecule is O=[N+]([O-])c1ccccc1N/N=C\c1c(Cl)cccc1Cl. The Morgan fingerprint density at radius 2 is 1.75 bits per heavy atom. The van der Waals surface area contributed by atoms with E-state index in [1.165, 1.54) is 12.3 Å². The van der Waals surface area contributed by atoms with Gasteiger partial charge in [-0.1, -0.05) is 41.4 Å². The van der Waals surface area contributed by atoms with E-state index in [4.69, 9.17) is 23.2 Å². The maximum atomic E-state index is 10.8. The van der Waals surface area contributed by atoms with Gasteiger partial charge in [-0.2, -0.15) is 5.10 Å². The predicted octanol–water partition coefficient (Wildman–Crippen LogP) is 4.35. The predicted molar refractivity (Wildman–Crippen MR) is 80.8 cm³/mol. The number of anilines is 1. The number of hydrazone groups is 1. The molecule has 0 saturated heterocycles. The first-order valence-electron chi connectivity index (χ1n) is 5.56. The topological polar surface area (TPSA) is 67.5 Å². The molecule has 20 heavy (non-hydrogen) atoms. The third-order valence-electron chi connectivity index (χ3n) is 2.48. The van der Waals surface area contributed by atoms with Gasteiger partial charge < -0.3 is 0 Å². The van der Waals surface area contributed by atoms with Crippen LogP contribution in [0.5, 0.6) is 0 Å². The van der Waals surface area contributed by atoms with Crippen LogP contribution in [0.3, 0.4) is 0 Å². The van der Waals surface area contributed by atoms with Crippen LogP contribution in [0.1, 0.15) is 5.56 Å². The Labute approximate surface area is 125 Å². The molecule has 5 nitrogen and oxygen atoms in total. The minimum Gasteiger partial charge on any atom is -0.272 e. The summed E-state index contributed by atoms with van der Waals surface area (Å²) in [4.78, 5) is 10.3. The Balaban J connectivity index is 2.21. The minimum atomic E-state index is -0.486. The molecule has 0 radical (unpaired) electrons. The van der Waals surface area contributed by atoms with Gasteiger partial charge in [0, 0.05) is 11.6 Å². The molecule has 0 fully saturated rings. The molecule has 1 N–H and O–H groups in total. The molecule has 2 rings (SSSR count). The highest BCUT2D eigenvalue weighted by molar-refractivity contribution is 6.38. The molecule has 0 aliphatic carbocycles. The number of halogens is 2. The van der Waals surface area contributed by atoms with Crippen LogP contribution in [0.15, 0.2) is 47.6 Å². The second kappa shape index (κ2) is 6.36. The Hall–Kier alpha value is -2.11. The van der Waals surface area contributed by atoms with Gasteiger partial charge in [0.15, 0.2) is 0 Å². The molecular weight excluding hydrogens is 301 g/mol. The standard InChI is InChI=1S/C13H9Cl2N3O2/c14-10-4-3-5-11(15)9(10)8-16-17-12-6-1-2-7-13(12)18(19)20/h1-8,17H/b16-8-. The van der Waals surface area contributed by atoms with E-state index in [1.54, 1.807) is 36.4 Å². The van der Waals surface area contributed by atoms with Gasteiger partial charge >= 0.3 is 0 Å². The van der Waals surface area contributed by atoms with E-state index in [9.17, 15) is 10.1 Å². The first kappa shape index (κ1) is 14.3. The third-order valence-corrected chi connectivity index (χ3v) is 3.14. The average molecular weight is 310 g/mol. The largest absolute Gasteiger partial charge is 0.294 e. The van der Waals surface area contributed by atoms with Gasteiger partial charge in [-0.15, -0.1) is 0 Å². The summed E-state index contributed by atoms with van der Waals surface area (Å²) in [6.45, 7) is 0. The fourth-order valence-corrected chi connectivity index (χ4v) is 2.02. The lowest BCUT2D eigenvalue weighted by Gasteiger charge is -2.02. The highest BCUT2D eigenvalue weighted by Crippen LogP contribution is 2.24. The lowest BCUT2D eigenvalue weighted by Crippen LogP contribution is -1.97. The van der Waals surface area contributed by atoms with E-state index in [-0.39, 0.29) is 11.4 Å². The van der Waals surface area contributed by atoms with Crippen LogP contribution in [0.25, 0.3) is 0 Å². The van der Waals surface area contributed by atoms with Gasteiger partial charge in [-0.3, -0.25) is 15.5 Å². The number of nitrogens with zero attached hydrogens (tertiary/aromatic N) is 2. The Morgan fingerprint density at radius 3 is 2.40 bits per heavy atom. The van der Waals surface area contributed by atoms with E-state index in [0.29, 0.717) is 15.6 Å². The molecule has 0 aromatic heterocycles. The number of para-hydroxylation sites is 2. The summed E-state index contributed by atoms with van der Waals surface area (Å²) in [7, 11) is 0. The number of nitro groups is 1. The van der Waals surface area contributed by atoms with Crippen molar-refractivity contribution >= 4 is 40.8 Å². The molecular formula is C13H9Cl2N3O2. The van der Waals surface area contributed by atoms with E-state index >= 15 is 0 Å². The Kier molecular flexibility index (Phi) is 4.55. The van der Waals surface area contributed by atoms with Crippen molar-refractivity contribution in [2.45, 2.75) is 0 Å². The molecule has 2 aromatic carbocycles. The zero-order valence-electron chi connectivity index (χ0n) is 10.1. The van der Waals surface area contributed by atoms with Crippen molar-refractivity contribution in [3.8, 4) is 0 Å². The van der Waals surface area contributed by atoms with Crippen molar-refractivity contribution < 1.29 is 4.92 Å². The van der Waals surface area contributed by atoms with Crippen molar-refractivity contribution in [1.29, 1.82) is 0 Å². The van der Waals surface area contributed by atoms with Crippen molar-refractivity contribution in [2.24, 2.45) is 5.10 Å². The first-order valence-corrected chi connectivity index (χ1v) is 6.31. The summed E-state index contributed by atoms with van der Waals surface area (Å²) in [5.41, 5.74) is 3.38. The number of nitrogens with one attached hydrogen (secondary N) is 1. The molecule has 0 aliphatic rings. The van der Waals surface area contributed by atoms with Crippen molar-refractivity contribution in [1.82, 2.24) is 0 Å². The molecule has 0 heterocycles. The summed E-state index contributed by atoms with van der Waals surface area (Å²) in [6.07, 6.45) is 1.42. The summed E-state index contributed by atoms with van der Waals surface area (Å²) in [6, 6.07) is 11.3. The second-order valence-electron chi connectivity index (χ2n) is 3.78. The fourth-order valence-electron chi connectivity index (χ4n) is 1.53. The second-order valence-corrected chi connectivity index (χ2v) is 4.59. The summed E-state index contributed by atoms with van der Waals surface area (Å²) in [5, 5.41) is 15.7. The molecule has 102 valence electrons. The van der Waals surface area contributed by atoms with Crippen molar-refractivity contribution in [3.63, 3.8) is 0 Å². The molecule has 7 heteroatoms. The number of benzene rings is 2. The zero-order chi connectivity index (χ0) is 14.5. The van der Waals surface area contributed by atoms with Gasteiger partial charge in [0.25, 0.3) is 5.69 Å². The summed E-state index contributed by atoms with van der Waals surface area (Å²) < 4.78 is 0. The Bertz CT molecular complexity index is 654. The minimum absolute atomic E-state index is 0.0603. The highest BCUT2D eigenvalue weighted by Gasteiger charge is 2.11. The normalized spacial score (nSPS) is 10.7. The van der Waals surface area contributed by atoms with Crippen molar-refractivity contribution in [2.75, 3.05) is 5.43 Å². The van der Waals surface area contributed by atoms with Crippen molar-refractivity contribution in [3.05, 3.63) is 68.2 Å². The van der Waals surface area contributed by atoms with Crippen LogP contribution in [-0.2, 0) is 0 Å². The number of hydrogen-bond acceptors (Lipinski definition) is 4. The summed E-state index contributed by atoms with van der Waals surface area (Å²) in [5.74, 6) is 0. The molecule has 0 bridgehead atoms. The van der Waals surface area contributed by atoms with E-state index in [0.717, 1.165) is 0 Å². The maximum Gasteiger partial charge on any atom is 0.294 e. The van der Waals surface area contributed by atoms with Crippen LogP contribution >= 0.6 is 23.2 Å². The van der Waals surface area contributed by atoms with Gasteiger partial charge in [-0.25, -0.2) is 0 Å². The van der Waals surface area contributed by atoms with Crippen LogP contribution < -0.4 is 5.43 Å². The molecule has 2 aromatic rings. The molecule has 0 amide bonds. The smallest absolute Gasteiger partial charge is 0.272 e. The molecule has 0 atom stereocenters. The fraction of sp³-hybridized carbons (Fsp3) is 0. The number of hydrogen-bond donors (Lipinski definition) is 1. The monoisotopic (exact) mass is 309 g/mol. The number of rotatable bonds is 4. The number of nitro benzene ring substituents is 1. The van der Waals surface area contributed by atoms with Crippen LogP contribution in [0.4, 0.5) is 11.4 Å². The maximum absolute atomic E-state index is 10.8. The van der Waals surface area contributed by atoms with E-state index in [2.05, 4.69) is 10.5 Å². The van der Waals surface area contributed by atoms with Crippen LogP contribution in [-0.4, -0.2) is 11.1 Å². The zero-order valence-corrected chi connectivity index (χ0v) is 11.6. The van der Waals surface area contributed by atoms with E-state index in [1.807, 2.05) is 0 Å². The first-order chi connectivity index (χ1) is 9.59. The summed E-state index contributed by atoms with van der Waals surface area (Å²) >= 11 is 12.0. The molecule has 0 aliphatic heterocycles. The lowest BCUT2D eigenvalue weighted by atomic mass is 10.2. The molecule has 0 saturated carbocycles. The van der Waals surface area contributed by atoms with Gasteiger partial charge in [-0.05, 0) is 18.2 Å². The Morgan fingerprint density at radius 1 is 1.10 bits per heavy atom. The van der Waals surface area contributed by atoms with Crippen LogP contribution in [0, 0.1) is 10.1 Å². The molecule has 0 unspecified atom stereocenters. The van der Waals surface area contributed by atoms with Crippen LogP contribution in [0.2, 0.25) is 10.0 Å². The van der Waals surface area contributed by atoms with Gasteiger partial charge in [0.1, 0.15) is 5.69 Å². The lowest BCUT2D eigenvalue weighted by molar-refractivity contribution is -0.384. The van der Waals surface area contributed by atoms with E-state index < -0.39 is 4.92 Å². The quantitative estimate of drug-likeness (QED) is 0.518. The third kappa shape index (κ3) is 3.26.